The monoisotopic (exact) mass is 545 g/mol. The quantitative estimate of drug-likeness (QED) is 0.343. The summed E-state index contributed by atoms with van der Waals surface area (Å²) in [5.74, 6) is -1.57. The third-order valence-electron chi connectivity index (χ3n) is 7.11. The number of ether oxygens (including phenoxy) is 1. The van der Waals surface area contributed by atoms with E-state index in [1.54, 1.807) is 30.5 Å². The van der Waals surface area contributed by atoms with Crippen LogP contribution in [0.3, 0.4) is 0 Å². The number of nitrogens with zero attached hydrogens (tertiary/aromatic N) is 1. The number of amides is 1. The van der Waals surface area contributed by atoms with Gasteiger partial charge in [-0.3, -0.25) is 19.0 Å². The molecule has 1 amide bonds. The minimum Gasteiger partial charge on any atom is -0.467 e. The number of esters is 1. The predicted molar refractivity (Wildman–Crippen MR) is 149 cm³/mol. The fraction of sp³-hybridized carbons (Fsp3) is 0.267. The number of H-pyrrole nitrogens is 1. The zero-order valence-corrected chi connectivity index (χ0v) is 22.6. The SMILES string of the molecule is COC(=O)[C@H](Cc1c[nH]c2ccccc12)NC(=O)c1cc2c(n(-c3ccc(Cl)cc3)c1=O)CC(C)(C)CC2=O. The zero-order valence-electron chi connectivity index (χ0n) is 21.8. The molecule has 2 N–H and O–H groups in total. The lowest BCUT2D eigenvalue weighted by atomic mass is 9.75. The van der Waals surface area contributed by atoms with E-state index in [2.05, 4.69) is 10.3 Å². The minimum absolute atomic E-state index is 0.145. The maximum absolute atomic E-state index is 13.8. The Bertz CT molecular complexity index is 1670. The average Bonchev–Trinajstić information content (AvgIpc) is 3.30. The molecule has 1 aliphatic carbocycles. The first-order chi connectivity index (χ1) is 18.6. The van der Waals surface area contributed by atoms with Crippen molar-refractivity contribution in [1.29, 1.82) is 0 Å². The second kappa shape index (κ2) is 10.2. The van der Waals surface area contributed by atoms with Gasteiger partial charge in [-0.15, -0.1) is 0 Å². The maximum Gasteiger partial charge on any atom is 0.328 e. The Morgan fingerprint density at radius 1 is 1.10 bits per heavy atom. The van der Waals surface area contributed by atoms with E-state index in [9.17, 15) is 19.2 Å². The summed E-state index contributed by atoms with van der Waals surface area (Å²) < 4.78 is 6.37. The van der Waals surface area contributed by atoms with Crippen LogP contribution in [0.2, 0.25) is 5.02 Å². The van der Waals surface area contributed by atoms with Crippen LogP contribution in [-0.4, -0.2) is 40.4 Å². The average molecular weight is 546 g/mol. The number of Topliss-reactive ketones (excluding diaryl/α,β-unsaturated/α-hetero) is 1. The molecule has 9 heteroatoms. The van der Waals surface area contributed by atoms with Gasteiger partial charge in [0.05, 0.1) is 7.11 Å². The summed E-state index contributed by atoms with van der Waals surface area (Å²) in [7, 11) is 1.24. The fourth-order valence-electron chi connectivity index (χ4n) is 5.23. The molecule has 2 aromatic heterocycles. The molecule has 0 spiro atoms. The van der Waals surface area contributed by atoms with Crippen molar-refractivity contribution in [1.82, 2.24) is 14.9 Å². The van der Waals surface area contributed by atoms with Gasteiger partial charge in [0.2, 0.25) is 0 Å². The Morgan fingerprint density at radius 2 is 1.82 bits per heavy atom. The lowest BCUT2D eigenvalue weighted by Gasteiger charge is -2.32. The molecule has 0 aliphatic heterocycles. The first-order valence-electron chi connectivity index (χ1n) is 12.6. The van der Waals surface area contributed by atoms with E-state index in [1.165, 1.54) is 17.7 Å². The highest BCUT2D eigenvalue weighted by molar-refractivity contribution is 6.30. The largest absolute Gasteiger partial charge is 0.467 e. The maximum atomic E-state index is 13.8. The molecule has 4 aromatic rings. The molecule has 2 heterocycles. The van der Waals surface area contributed by atoms with Crippen LogP contribution >= 0.6 is 11.6 Å². The molecular formula is C30H28ClN3O5. The van der Waals surface area contributed by atoms with Gasteiger partial charge in [-0.25, -0.2) is 4.79 Å². The molecule has 39 heavy (non-hydrogen) atoms. The number of aromatic nitrogens is 2. The fourth-order valence-corrected chi connectivity index (χ4v) is 5.36. The zero-order chi connectivity index (χ0) is 27.9. The molecule has 8 nitrogen and oxygen atoms in total. The van der Waals surface area contributed by atoms with E-state index in [0.29, 0.717) is 28.4 Å². The van der Waals surface area contributed by atoms with Crippen molar-refractivity contribution < 1.29 is 19.1 Å². The summed E-state index contributed by atoms with van der Waals surface area (Å²) >= 11 is 6.08. The van der Waals surface area contributed by atoms with E-state index in [1.807, 2.05) is 38.1 Å². The molecule has 0 saturated heterocycles. The van der Waals surface area contributed by atoms with Gasteiger partial charge in [-0.1, -0.05) is 43.6 Å². The first-order valence-corrected chi connectivity index (χ1v) is 13.0. The molecule has 200 valence electrons. The summed E-state index contributed by atoms with van der Waals surface area (Å²) in [6.07, 6.45) is 2.68. The number of carbonyl (C=O) groups excluding carboxylic acids is 3. The van der Waals surface area contributed by atoms with Gasteiger partial charge in [0.1, 0.15) is 11.6 Å². The number of pyridine rings is 1. The van der Waals surface area contributed by atoms with Crippen molar-refractivity contribution in [2.45, 2.75) is 39.2 Å². The molecule has 0 saturated carbocycles. The first kappa shape index (κ1) is 26.4. The van der Waals surface area contributed by atoms with Crippen LogP contribution in [-0.2, 0) is 22.4 Å². The normalized spacial score (nSPS) is 15.0. The summed E-state index contributed by atoms with van der Waals surface area (Å²) in [5.41, 5.74) is 1.88. The third-order valence-corrected chi connectivity index (χ3v) is 7.36. The Morgan fingerprint density at radius 3 is 2.54 bits per heavy atom. The number of halogens is 1. The summed E-state index contributed by atoms with van der Waals surface area (Å²) in [4.78, 5) is 56.5. The number of para-hydroxylation sites is 1. The van der Waals surface area contributed by atoms with Gasteiger partial charge in [-0.05, 0) is 53.8 Å². The number of fused-ring (bicyclic) bond motifs is 2. The van der Waals surface area contributed by atoms with Crippen molar-refractivity contribution >= 4 is 40.2 Å². The Kier molecular flexibility index (Phi) is 6.91. The number of benzene rings is 2. The Balaban J connectivity index is 1.57. The number of aromatic amines is 1. The van der Waals surface area contributed by atoms with Gasteiger partial charge in [-0.2, -0.15) is 0 Å². The second-order valence-electron chi connectivity index (χ2n) is 10.6. The highest BCUT2D eigenvalue weighted by atomic mass is 35.5. The summed E-state index contributed by atoms with van der Waals surface area (Å²) in [6, 6.07) is 14.5. The molecule has 0 unspecified atom stereocenters. The van der Waals surface area contributed by atoms with E-state index >= 15 is 0 Å². The number of rotatable bonds is 6. The van der Waals surface area contributed by atoms with Crippen molar-refractivity contribution in [3.63, 3.8) is 0 Å². The van der Waals surface area contributed by atoms with Crippen LogP contribution in [0.5, 0.6) is 0 Å². The summed E-state index contributed by atoms with van der Waals surface area (Å²) in [5, 5.41) is 4.08. The minimum atomic E-state index is -1.06. The number of methoxy groups -OCH3 is 1. The van der Waals surface area contributed by atoms with Crippen LogP contribution in [0.1, 0.15) is 52.2 Å². The number of ketones is 1. The van der Waals surface area contributed by atoms with Gasteiger partial charge >= 0.3 is 5.97 Å². The standard InChI is InChI=1S/C30H28ClN3O5/c1-30(2)14-25-21(26(35)15-30)13-22(28(37)34(25)19-10-8-18(31)9-11-19)27(36)33-24(29(38)39-3)12-17-16-32-23-7-5-4-6-20(17)23/h4-11,13,16,24,32H,12,14-15H2,1-3H3,(H,33,36)/t24-/m0/s1. The van der Waals surface area contributed by atoms with Gasteiger partial charge in [0.15, 0.2) is 5.78 Å². The second-order valence-corrected chi connectivity index (χ2v) is 11.0. The predicted octanol–water partition coefficient (Wildman–Crippen LogP) is 4.64. The van der Waals surface area contributed by atoms with Crippen molar-refractivity contribution in [3.8, 4) is 5.69 Å². The van der Waals surface area contributed by atoms with Crippen LogP contribution in [0, 0.1) is 5.41 Å². The topological polar surface area (TPSA) is 110 Å². The molecular weight excluding hydrogens is 518 g/mol. The Hall–Kier alpha value is -4.17. The van der Waals surface area contributed by atoms with E-state index in [0.717, 1.165) is 16.5 Å². The van der Waals surface area contributed by atoms with E-state index in [4.69, 9.17) is 16.3 Å². The molecule has 5 rings (SSSR count). The van der Waals surface area contributed by atoms with Crippen molar-refractivity contribution in [3.05, 3.63) is 98.6 Å². The lowest BCUT2D eigenvalue weighted by Crippen LogP contribution is -2.46. The molecule has 1 atom stereocenters. The molecule has 0 bridgehead atoms. The highest BCUT2D eigenvalue weighted by Gasteiger charge is 2.35. The number of hydrogen-bond donors (Lipinski definition) is 2. The van der Waals surface area contributed by atoms with Crippen molar-refractivity contribution in [2.75, 3.05) is 7.11 Å². The summed E-state index contributed by atoms with van der Waals surface area (Å²) in [6.45, 7) is 3.94. The van der Waals surface area contributed by atoms with Crippen LogP contribution in [0.4, 0.5) is 0 Å². The Labute approximate surface area is 229 Å². The number of nitrogens with one attached hydrogen (secondary N) is 2. The van der Waals surface area contributed by atoms with Gasteiger partial charge < -0.3 is 15.0 Å². The lowest BCUT2D eigenvalue weighted by molar-refractivity contribution is -0.142. The van der Waals surface area contributed by atoms with E-state index in [-0.39, 0.29) is 29.6 Å². The van der Waals surface area contributed by atoms with Crippen molar-refractivity contribution in [2.24, 2.45) is 5.41 Å². The number of carbonyl (C=O) groups is 3. The molecule has 0 radical (unpaired) electrons. The third kappa shape index (κ3) is 5.12. The van der Waals surface area contributed by atoms with Gasteiger partial charge in [0.25, 0.3) is 11.5 Å². The van der Waals surface area contributed by atoms with Crippen LogP contribution < -0.4 is 10.9 Å². The molecule has 0 fully saturated rings. The smallest absolute Gasteiger partial charge is 0.328 e. The number of hydrogen-bond acceptors (Lipinski definition) is 5. The highest BCUT2D eigenvalue weighted by Crippen LogP contribution is 2.35. The van der Waals surface area contributed by atoms with Gasteiger partial charge in [0, 0.05) is 51.9 Å². The molecule has 1 aliphatic rings. The molecule has 2 aromatic carbocycles. The van der Waals surface area contributed by atoms with Crippen LogP contribution in [0.25, 0.3) is 16.6 Å². The van der Waals surface area contributed by atoms with E-state index < -0.39 is 23.5 Å². The van der Waals surface area contributed by atoms with Crippen LogP contribution in [0.15, 0.2) is 65.6 Å².